The van der Waals surface area contributed by atoms with Crippen LogP contribution in [0.1, 0.15) is 13.3 Å². The molecule has 0 amide bonds. The zero-order valence-corrected chi connectivity index (χ0v) is 5.46. The summed E-state index contributed by atoms with van der Waals surface area (Å²) in [7, 11) is 0. The van der Waals surface area contributed by atoms with Crippen molar-refractivity contribution in [1.82, 2.24) is 0 Å². The lowest BCUT2D eigenvalue weighted by Gasteiger charge is -1.90. The van der Waals surface area contributed by atoms with Gasteiger partial charge in [0, 0.05) is 6.42 Å². The number of Topliss-reactive ketones (excluding diaryl/α,β-unsaturated/α-hetero) is 1. The third-order valence-electron chi connectivity index (χ3n) is 0.442. The Hall–Kier alpha value is 0.250. The van der Waals surface area contributed by atoms with Crippen molar-refractivity contribution < 1.29 is 4.79 Å². The van der Waals surface area contributed by atoms with Crippen LogP contribution in [0.3, 0.4) is 0 Å². The van der Waals surface area contributed by atoms with Crippen LogP contribution < -0.4 is 0 Å². The van der Waals surface area contributed by atoms with Crippen LogP contribution >= 0.6 is 23.2 Å². The highest BCUT2D eigenvalue weighted by molar-refractivity contribution is 6.45. The first-order chi connectivity index (χ1) is 3.13. The second kappa shape index (κ2) is 3.28. The Morgan fingerprint density at radius 2 is 2.14 bits per heavy atom. The maximum absolute atomic E-state index is 10.1. The number of carbonyl (C=O) groups is 1. The smallest absolute Gasteiger partial charge is 0.132 e. The van der Waals surface area contributed by atoms with Crippen LogP contribution in [0, 0.1) is 0 Å². The lowest BCUT2D eigenvalue weighted by Crippen LogP contribution is -1.95. The molecular weight excluding hydrogens is 135 g/mol. The molecule has 0 aliphatic rings. The lowest BCUT2D eigenvalue weighted by atomic mass is 10.4. The highest BCUT2D eigenvalue weighted by Crippen LogP contribution is 2.05. The van der Waals surface area contributed by atoms with Crippen molar-refractivity contribution in [3.05, 3.63) is 0 Å². The summed E-state index contributed by atoms with van der Waals surface area (Å²) in [6.45, 7) is 1.46. The summed E-state index contributed by atoms with van der Waals surface area (Å²) in [6, 6.07) is 0. The molecule has 0 aromatic carbocycles. The third kappa shape index (κ3) is 6.25. The van der Waals surface area contributed by atoms with E-state index in [4.69, 9.17) is 23.2 Å². The molecule has 3 heteroatoms. The van der Waals surface area contributed by atoms with E-state index >= 15 is 0 Å². The van der Waals surface area contributed by atoms with Crippen LogP contribution in [-0.2, 0) is 4.79 Å². The fraction of sp³-hybridized carbons (Fsp3) is 0.750. The molecular formula is C4H6Cl2O. The van der Waals surface area contributed by atoms with Gasteiger partial charge in [-0.05, 0) is 6.92 Å². The summed E-state index contributed by atoms with van der Waals surface area (Å²) in [4.78, 5) is 9.56. The van der Waals surface area contributed by atoms with Crippen LogP contribution in [0.2, 0.25) is 0 Å². The maximum atomic E-state index is 10.1. The number of carbonyl (C=O) groups excluding carboxylic acids is 1. The molecule has 0 rings (SSSR count). The number of hydrogen-bond donors (Lipinski definition) is 0. The second-order valence-electron chi connectivity index (χ2n) is 1.30. The van der Waals surface area contributed by atoms with Gasteiger partial charge < -0.3 is 0 Å². The highest BCUT2D eigenvalue weighted by atomic mass is 35.5. The van der Waals surface area contributed by atoms with Crippen molar-refractivity contribution in [2.24, 2.45) is 0 Å². The van der Waals surface area contributed by atoms with Crippen LogP contribution in [-0.4, -0.2) is 10.6 Å². The van der Waals surface area contributed by atoms with Gasteiger partial charge in [-0.15, -0.1) is 23.2 Å². The minimum absolute atomic E-state index is 0.0231. The van der Waals surface area contributed by atoms with E-state index in [-0.39, 0.29) is 12.2 Å². The fourth-order valence-corrected chi connectivity index (χ4v) is 0.652. The molecule has 0 aliphatic heterocycles. The highest BCUT2D eigenvalue weighted by Gasteiger charge is 2.00. The second-order valence-corrected chi connectivity index (χ2v) is 2.57. The molecule has 0 aliphatic carbocycles. The van der Waals surface area contributed by atoms with Gasteiger partial charge in [0.05, 0.1) is 0 Å². The molecule has 0 spiro atoms. The Bertz CT molecular complexity index is 70.1. The van der Waals surface area contributed by atoms with Gasteiger partial charge in [0.25, 0.3) is 0 Å². The molecule has 0 atom stereocenters. The quantitative estimate of drug-likeness (QED) is 0.535. The SMILES string of the molecule is CC(=O)CC(Cl)Cl. The Kier molecular flexibility index (Phi) is 3.39. The van der Waals surface area contributed by atoms with Crippen molar-refractivity contribution in [2.45, 2.75) is 18.2 Å². The summed E-state index contributed by atoms with van der Waals surface area (Å²) in [5.41, 5.74) is 0. The van der Waals surface area contributed by atoms with E-state index in [0.717, 1.165) is 0 Å². The number of rotatable bonds is 2. The van der Waals surface area contributed by atoms with E-state index in [1.54, 1.807) is 0 Å². The molecule has 0 N–H and O–H groups in total. The Labute approximate surface area is 52.6 Å². The number of halogens is 2. The van der Waals surface area contributed by atoms with Crippen molar-refractivity contribution in [3.8, 4) is 0 Å². The molecule has 42 valence electrons. The molecule has 0 saturated heterocycles. The van der Waals surface area contributed by atoms with Crippen molar-refractivity contribution in [3.63, 3.8) is 0 Å². The van der Waals surface area contributed by atoms with Crippen LogP contribution in [0.15, 0.2) is 0 Å². The molecule has 1 nitrogen and oxygen atoms in total. The Balaban J connectivity index is 3.13. The minimum atomic E-state index is -0.530. The molecule has 0 heterocycles. The van der Waals surface area contributed by atoms with Gasteiger partial charge >= 0.3 is 0 Å². The van der Waals surface area contributed by atoms with E-state index in [0.29, 0.717) is 0 Å². The molecule has 0 radical (unpaired) electrons. The van der Waals surface area contributed by atoms with Gasteiger partial charge in [-0.25, -0.2) is 0 Å². The van der Waals surface area contributed by atoms with E-state index in [2.05, 4.69) is 0 Å². The van der Waals surface area contributed by atoms with Gasteiger partial charge in [0.1, 0.15) is 10.6 Å². The average Bonchev–Trinajstić information content (AvgIpc) is 1.27. The van der Waals surface area contributed by atoms with E-state index in [1.807, 2.05) is 0 Å². The number of alkyl halides is 2. The number of ketones is 1. The number of hydrogen-bond acceptors (Lipinski definition) is 1. The van der Waals surface area contributed by atoms with Crippen molar-refractivity contribution >= 4 is 29.0 Å². The first-order valence-electron chi connectivity index (χ1n) is 1.90. The summed E-state index contributed by atoms with van der Waals surface area (Å²) >= 11 is 10.4. The fourth-order valence-electron chi connectivity index (χ4n) is 0.217. The molecule has 0 fully saturated rings. The van der Waals surface area contributed by atoms with Crippen molar-refractivity contribution in [1.29, 1.82) is 0 Å². The summed E-state index contributed by atoms with van der Waals surface area (Å²) in [5, 5.41) is 0. The zero-order valence-electron chi connectivity index (χ0n) is 3.95. The monoisotopic (exact) mass is 140 g/mol. The van der Waals surface area contributed by atoms with E-state index in [1.165, 1.54) is 6.92 Å². The molecule has 0 bridgehead atoms. The Morgan fingerprint density at radius 1 is 1.71 bits per heavy atom. The molecule has 0 saturated carbocycles. The predicted molar refractivity (Wildman–Crippen MR) is 30.8 cm³/mol. The van der Waals surface area contributed by atoms with Gasteiger partial charge in [-0.1, -0.05) is 0 Å². The average molecular weight is 141 g/mol. The summed E-state index contributed by atoms with van der Waals surface area (Å²) in [5.74, 6) is 0.0231. The zero-order chi connectivity index (χ0) is 5.86. The van der Waals surface area contributed by atoms with E-state index < -0.39 is 4.84 Å². The topological polar surface area (TPSA) is 17.1 Å². The van der Waals surface area contributed by atoms with Gasteiger partial charge in [0.2, 0.25) is 0 Å². The van der Waals surface area contributed by atoms with Gasteiger partial charge in [-0.2, -0.15) is 0 Å². The summed E-state index contributed by atoms with van der Waals surface area (Å²) < 4.78 is 0. The standard InChI is InChI=1S/C4H6Cl2O/c1-3(7)2-4(5)6/h4H,2H2,1H3. The first kappa shape index (κ1) is 7.25. The first-order valence-corrected chi connectivity index (χ1v) is 2.78. The van der Waals surface area contributed by atoms with Crippen LogP contribution in [0.4, 0.5) is 0 Å². The molecule has 7 heavy (non-hydrogen) atoms. The summed E-state index contributed by atoms with van der Waals surface area (Å²) in [6.07, 6.45) is 0.253. The van der Waals surface area contributed by atoms with Gasteiger partial charge in [0.15, 0.2) is 0 Å². The van der Waals surface area contributed by atoms with Crippen molar-refractivity contribution in [2.75, 3.05) is 0 Å². The predicted octanol–water partition coefficient (Wildman–Crippen LogP) is 1.77. The van der Waals surface area contributed by atoms with E-state index in [9.17, 15) is 4.79 Å². The van der Waals surface area contributed by atoms with Crippen LogP contribution in [0.25, 0.3) is 0 Å². The van der Waals surface area contributed by atoms with Gasteiger partial charge in [-0.3, -0.25) is 4.79 Å². The molecule has 0 unspecified atom stereocenters. The lowest BCUT2D eigenvalue weighted by molar-refractivity contribution is -0.116. The normalized spacial score (nSPS) is 9.71. The largest absolute Gasteiger partial charge is 0.300 e. The Morgan fingerprint density at radius 3 is 2.14 bits per heavy atom. The maximum Gasteiger partial charge on any atom is 0.132 e. The third-order valence-corrected chi connectivity index (χ3v) is 0.750. The molecule has 0 aromatic heterocycles. The van der Waals surface area contributed by atoms with Crippen LogP contribution in [0.5, 0.6) is 0 Å². The minimum Gasteiger partial charge on any atom is -0.300 e. The molecule has 0 aromatic rings.